The molecule has 1 heterocycles. The number of nitrogens with one attached hydrogen (secondary N) is 1. The Morgan fingerprint density at radius 3 is 2.73 bits per heavy atom. The quantitative estimate of drug-likeness (QED) is 0.840. The molecular weight excluding hydrogens is 276 g/mol. The fourth-order valence-corrected chi connectivity index (χ4v) is 2.74. The van der Waals surface area contributed by atoms with Crippen molar-refractivity contribution in [3.05, 3.63) is 35.4 Å². The second-order valence-corrected chi connectivity index (χ2v) is 6.12. The first-order valence-corrected chi connectivity index (χ1v) is 8.21. The average Bonchev–Trinajstić information content (AvgIpc) is 2.88. The van der Waals surface area contributed by atoms with Gasteiger partial charge in [-0.3, -0.25) is 9.59 Å². The van der Waals surface area contributed by atoms with E-state index in [1.165, 1.54) is 11.1 Å². The van der Waals surface area contributed by atoms with Crippen molar-refractivity contribution in [3.63, 3.8) is 0 Å². The minimum absolute atomic E-state index is 0.0134. The van der Waals surface area contributed by atoms with Crippen LogP contribution in [0.3, 0.4) is 0 Å². The van der Waals surface area contributed by atoms with Crippen LogP contribution in [0, 0.1) is 12.8 Å². The number of likely N-dealkylation sites (tertiary alicyclic amines) is 1. The third kappa shape index (κ3) is 4.58. The van der Waals surface area contributed by atoms with E-state index >= 15 is 0 Å². The Bertz CT molecular complexity index is 510. The summed E-state index contributed by atoms with van der Waals surface area (Å²) in [5.74, 6) is -0.0473. The van der Waals surface area contributed by atoms with Crippen molar-refractivity contribution in [2.24, 2.45) is 5.92 Å². The highest BCUT2D eigenvalue weighted by atomic mass is 16.2. The number of hydrogen-bond donors (Lipinski definition) is 1. The van der Waals surface area contributed by atoms with Gasteiger partial charge in [0.2, 0.25) is 11.8 Å². The summed E-state index contributed by atoms with van der Waals surface area (Å²) in [5, 5.41) is 2.97. The summed E-state index contributed by atoms with van der Waals surface area (Å²) in [5.41, 5.74) is 2.46. The number of unbranched alkanes of at least 4 members (excludes halogenated alkanes) is 1. The fourth-order valence-electron chi connectivity index (χ4n) is 2.74. The van der Waals surface area contributed by atoms with E-state index in [1.54, 1.807) is 0 Å². The van der Waals surface area contributed by atoms with Gasteiger partial charge in [-0.25, -0.2) is 0 Å². The second-order valence-electron chi connectivity index (χ2n) is 6.12. The monoisotopic (exact) mass is 302 g/mol. The Balaban J connectivity index is 1.73. The van der Waals surface area contributed by atoms with Crippen molar-refractivity contribution < 1.29 is 9.59 Å². The Labute approximate surface area is 132 Å². The zero-order chi connectivity index (χ0) is 15.9. The van der Waals surface area contributed by atoms with Gasteiger partial charge in [0, 0.05) is 26.1 Å². The molecule has 4 nitrogen and oxygen atoms in total. The van der Waals surface area contributed by atoms with Gasteiger partial charge in [0.15, 0.2) is 0 Å². The number of benzene rings is 1. The van der Waals surface area contributed by atoms with E-state index in [4.69, 9.17) is 0 Å². The molecule has 1 fully saturated rings. The van der Waals surface area contributed by atoms with Gasteiger partial charge >= 0.3 is 0 Å². The molecule has 1 unspecified atom stereocenters. The zero-order valence-corrected chi connectivity index (χ0v) is 13.6. The lowest BCUT2D eigenvalue weighted by molar-refractivity contribution is -0.129. The van der Waals surface area contributed by atoms with Crippen molar-refractivity contribution in [1.29, 1.82) is 0 Å². The van der Waals surface area contributed by atoms with Gasteiger partial charge < -0.3 is 10.2 Å². The summed E-state index contributed by atoms with van der Waals surface area (Å²) in [6, 6.07) is 8.34. The van der Waals surface area contributed by atoms with Crippen LogP contribution < -0.4 is 5.32 Å². The summed E-state index contributed by atoms with van der Waals surface area (Å²) in [7, 11) is 0. The van der Waals surface area contributed by atoms with E-state index in [9.17, 15) is 9.59 Å². The highest BCUT2D eigenvalue weighted by Crippen LogP contribution is 2.18. The maximum atomic E-state index is 12.2. The molecule has 120 valence electrons. The maximum Gasteiger partial charge on any atom is 0.225 e. The van der Waals surface area contributed by atoms with Crippen molar-refractivity contribution in [3.8, 4) is 0 Å². The second kappa shape index (κ2) is 7.97. The van der Waals surface area contributed by atoms with Crippen LogP contribution in [0.15, 0.2) is 24.3 Å². The molecule has 2 amide bonds. The van der Waals surface area contributed by atoms with Crippen molar-refractivity contribution in [2.45, 2.75) is 39.5 Å². The summed E-state index contributed by atoms with van der Waals surface area (Å²) < 4.78 is 0. The number of rotatable bonds is 7. The molecule has 4 heteroatoms. The molecule has 1 aromatic carbocycles. The smallest absolute Gasteiger partial charge is 0.225 e. The van der Waals surface area contributed by atoms with Gasteiger partial charge in [0.1, 0.15) is 0 Å². The number of nitrogens with zero attached hydrogens (tertiary/aromatic N) is 1. The van der Waals surface area contributed by atoms with E-state index < -0.39 is 0 Å². The molecule has 22 heavy (non-hydrogen) atoms. The lowest BCUT2D eigenvalue weighted by Crippen LogP contribution is -2.34. The number of amides is 2. The van der Waals surface area contributed by atoms with Gasteiger partial charge in [-0.05, 0) is 25.3 Å². The highest BCUT2D eigenvalue weighted by Gasteiger charge is 2.33. The summed E-state index contributed by atoms with van der Waals surface area (Å²) in [4.78, 5) is 25.9. The van der Waals surface area contributed by atoms with Crippen LogP contribution in [0.1, 0.15) is 37.3 Å². The van der Waals surface area contributed by atoms with Crippen LogP contribution in [-0.4, -0.2) is 36.3 Å². The lowest BCUT2D eigenvalue weighted by atomic mass is 10.1. The topological polar surface area (TPSA) is 49.4 Å². The Morgan fingerprint density at radius 2 is 2.05 bits per heavy atom. The maximum absolute atomic E-state index is 12.2. The molecule has 1 saturated heterocycles. The largest absolute Gasteiger partial charge is 0.355 e. The highest BCUT2D eigenvalue weighted by molar-refractivity contribution is 5.89. The van der Waals surface area contributed by atoms with Gasteiger partial charge in [0.05, 0.1) is 5.92 Å². The normalized spacial score (nSPS) is 17.8. The molecule has 1 aliphatic rings. The van der Waals surface area contributed by atoms with Crippen molar-refractivity contribution in [1.82, 2.24) is 10.2 Å². The molecule has 1 N–H and O–H groups in total. The van der Waals surface area contributed by atoms with Crippen LogP contribution in [0.4, 0.5) is 0 Å². The first-order chi connectivity index (χ1) is 10.6. The van der Waals surface area contributed by atoms with E-state index in [0.717, 1.165) is 25.8 Å². The number of carbonyl (C=O) groups excluding carboxylic acids is 2. The summed E-state index contributed by atoms with van der Waals surface area (Å²) in [6.45, 7) is 6.15. The molecule has 0 aliphatic carbocycles. The molecule has 1 aliphatic heterocycles. The molecule has 2 rings (SSSR count). The Hall–Kier alpha value is -1.84. The third-order valence-electron chi connectivity index (χ3n) is 4.20. The Morgan fingerprint density at radius 1 is 1.32 bits per heavy atom. The summed E-state index contributed by atoms with van der Waals surface area (Å²) >= 11 is 0. The van der Waals surface area contributed by atoms with Gasteiger partial charge in [0.25, 0.3) is 0 Å². The van der Waals surface area contributed by atoms with Crippen LogP contribution in [0.5, 0.6) is 0 Å². The van der Waals surface area contributed by atoms with Crippen LogP contribution in [0.2, 0.25) is 0 Å². The molecule has 0 bridgehead atoms. The zero-order valence-electron chi connectivity index (χ0n) is 13.6. The van der Waals surface area contributed by atoms with E-state index in [0.29, 0.717) is 19.5 Å². The molecule has 0 saturated carbocycles. The first kappa shape index (κ1) is 16.5. The Kier molecular flexibility index (Phi) is 5.99. The number of carbonyl (C=O) groups is 2. The van der Waals surface area contributed by atoms with Gasteiger partial charge in [-0.2, -0.15) is 0 Å². The molecule has 0 aromatic heterocycles. The van der Waals surface area contributed by atoms with Crippen molar-refractivity contribution in [2.75, 3.05) is 19.6 Å². The standard InChI is InChI=1S/C18H26N2O2/c1-3-4-11-20-13-16(12-17(20)21)18(22)19-10-9-15-7-5-14(2)6-8-15/h5-8,16H,3-4,9-13H2,1-2H3,(H,19,22). The predicted octanol–water partition coefficient (Wildman–Crippen LogP) is 2.30. The van der Waals surface area contributed by atoms with Crippen LogP contribution in [0.25, 0.3) is 0 Å². The number of hydrogen-bond acceptors (Lipinski definition) is 2. The molecule has 1 atom stereocenters. The molecule has 0 radical (unpaired) electrons. The average molecular weight is 302 g/mol. The van der Waals surface area contributed by atoms with Crippen LogP contribution in [-0.2, 0) is 16.0 Å². The van der Waals surface area contributed by atoms with E-state index in [-0.39, 0.29) is 17.7 Å². The fraction of sp³-hybridized carbons (Fsp3) is 0.556. The van der Waals surface area contributed by atoms with E-state index in [2.05, 4.69) is 43.4 Å². The van der Waals surface area contributed by atoms with Gasteiger partial charge in [-0.15, -0.1) is 0 Å². The van der Waals surface area contributed by atoms with Gasteiger partial charge in [-0.1, -0.05) is 43.2 Å². The molecule has 1 aromatic rings. The lowest BCUT2D eigenvalue weighted by Gasteiger charge is -2.16. The predicted molar refractivity (Wildman–Crippen MR) is 87.5 cm³/mol. The minimum atomic E-state index is -0.178. The SMILES string of the molecule is CCCCN1CC(C(=O)NCCc2ccc(C)cc2)CC1=O. The van der Waals surface area contributed by atoms with E-state index in [1.807, 2.05) is 4.90 Å². The summed E-state index contributed by atoms with van der Waals surface area (Å²) in [6.07, 6.45) is 3.26. The van der Waals surface area contributed by atoms with Crippen molar-refractivity contribution >= 4 is 11.8 Å². The van der Waals surface area contributed by atoms with Crippen LogP contribution >= 0.6 is 0 Å². The number of aryl methyl sites for hydroxylation is 1. The first-order valence-electron chi connectivity index (χ1n) is 8.21. The molecule has 0 spiro atoms. The minimum Gasteiger partial charge on any atom is -0.355 e. The molecular formula is C18H26N2O2. The third-order valence-corrected chi connectivity index (χ3v) is 4.20.